The lowest BCUT2D eigenvalue weighted by Crippen LogP contribution is -2.17. The average molecular weight is 427 g/mol. The SMILES string of the molecule is CCOC(=O)c1c(OC(=O)c2ccccc2)n(CC(=O)c2ccccc2)c2ccccc12. The molecule has 0 aliphatic carbocycles. The van der Waals surface area contributed by atoms with Crippen LogP contribution in [0.5, 0.6) is 5.88 Å². The molecule has 0 fully saturated rings. The number of para-hydroxylation sites is 1. The smallest absolute Gasteiger partial charge is 0.344 e. The van der Waals surface area contributed by atoms with Gasteiger partial charge in [0.1, 0.15) is 5.56 Å². The molecule has 0 bridgehead atoms. The molecule has 0 unspecified atom stereocenters. The van der Waals surface area contributed by atoms with Gasteiger partial charge in [0.25, 0.3) is 0 Å². The lowest BCUT2D eigenvalue weighted by atomic mass is 10.1. The fourth-order valence-corrected chi connectivity index (χ4v) is 3.52. The number of esters is 2. The second kappa shape index (κ2) is 9.31. The van der Waals surface area contributed by atoms with Gasteiger partial charge in [-0.3, -0.25) is 4.79 Å². The van der Waals surface area contributed by atoms with Gasteiger partial charge in [-0.05, 0) is 25.1 Å². The number of carbonyl (C=O) groups is 3. The van der Waals surface area contributed by atoms with E-state index in [1.807, 2.05) is 6.07 Å². The van der Waals surface area contributed by atoms with E-state index in [2.05, 4.69) is 0 Å². The number of ketones is 1. The van der Waals surface area contributed by atoms with Crippen molar-refractivity contribution in [3.05, 3.63) is 102 Å². The molecule has 0 N–H and O–H groups in total. The van der Waals surface area contributed by atoms with Crippen molar-refractivity contribution < 1.29 is 23.9 Å². The van der Waals surface area contributed by atoms with Gasteiger partial charge in [-0.25, -0.2) is 9.59 Å². The van der Waals surface area contributed by atoms with E-state index < -0.39 is 11.9 Å². The molecule has 0 spiro atoms. The summed E-state index contributed by atoms with van der Waals surface area (Å²) < 4.78 is 12.5. The minimum Gasteiger partial charge on any atom is -0.462 e. The highest BCUT2D eigenvalue weighted by molar-refractivity contribution is 6.09. The van der Waals surface area contributed by atoms with Gasteiger partial charge in [-0.15, -0.1) is 0 Å². The number of carbonyl (C=O) groups excluding carboxylic acids is 3. The first-order chi connectivity index (χ1) is 15.6. The largest absolute Gasteiger partial charge is 0.462 e. The van der Waals surface area contributed by atoms with E-state index in [1.165, 1.54) is 0 Å². The number of benzene rings is 3. The maximum Gasteiger partial charge on any atom is 0.344 e. The van der Waals surface area contributed by atoms with Crippen LogP contribution in [0.3, 0.4) is 0 Å². The molecule has 6 heteroatoms. The summed E-state index contributed by atoms with van der Waals surface area (Å²) in [5.41, 5.74) is 1.56. The van der Waals surface area contributed by atoms with Gasteiger partial charge in [-0.1, -0.05) is 66.7 Å². The van der Waals surface area contributed by atoms with Gasteiger partial charge in [-0.2, -0.15) is 0 Å². The topological polar surface area (TPSA) is 74.6 Å². The van der Waals surface area contributed by atoms with E-state index in [4.69, 9.17) is 9.47 Å². The Morgan fingerprint density at radius 2 is 1.34 bits per heavy atom. The van der Waals surface area contributed by atoms with Crippen LogP contribution < -0.4 is 4.74 Å². The van der Waals surface area contributed by atoms with Crippen molar-refractivity contribution in [3.63, 3.8) is 0 Å². The van der Waals surface area contributed by atoms with Crippen LogP contribution in [0.2, 0.25) is 0 Å². The van der Waals surface area contributed by atoms with E-state index in [0.29, 0.717) is 22.0 Å². The van der Waals surface area contributed by atoms with Gasteiger partial charge in [0, 0.05) is 10.9 Å². The summed E-state index contributed by atoms with van der Waals surface area (Å²) in [6.07, 6.45) is 0. The lowest BCUT2D eigenvalue weighted by molar-refractivity contribution is 0.0520. The molecule has 4 rings (SSSR count). The van der Waals surface area contributed by atoms with Crippen LogP contribution in [0, 0.1) is 0 Å². The van der Waals surface area contributed by atoms with Crippen molar-refractivity contribution in [1.82, 2.24) is 4.57 Å². The first-order valence-corrected chi connectivity index (χ1v) is 10.2. The number of aromatic nitrogens is 1. The van der Waals surface area contributed by atoms with Crippen molar-refractivity contribution in [2.45, 2.75) is 13.5 Å². The molecule has 6 nitrogen and oxygen atoms in total. The molecule has 0 aliphatic rings. The minimum atomic E-state index is -0.632. The molecular weight excluding hydrogens is 406 g/mol. The van der Waals surface area contributed by atoms with Gasteiger partial charge >= 0.3 is 11.9 Å². The Kier molecular flexibility index (Phi) is 6.12. The zero-order valence-electron chi connectivity index (χ0n) is 17.5. The number of rotatable bonds is 7. The molecule has 0 saturated carbocycles. The summed E-state index contributed by atoms with van der Waals surface area (Å²) in [6.45, 7) is 1.75. The summed E-state index contributed by atoms with van der Waals surface area (Å²) in [5, 5.41) is 0.544. The number of hydrogen-bond donors (Lipinski definition) is 0. The third kappa shape index (κ3) is 4.16. The third-order valence-corrected chi connectivity index (χ3v) is 5.00. The maximum absolute atomic E-state index is 13.0. The van der Waals surface area contributed by atoms with Crippen LogP contribution in [0.25, 0.3) is 10.9 Å². The molecule has 0 radical (unpaired) electrons. The van der Waals surface area contributed by atoms with Gasteiger partial charge in [0.15, 0.2) is 5.78 Å². The first-order valence-electron chi connectivity index (χ1n) is 10.2. The fraction of sp³-hybridized carbons (Fsp3) is 0.115. The second-order valence-electron chi connectivity index (χ2n) is 7.05. The Hall–Kier alpha value is -4.19. The van der Waals surface area contributed by atoms with Crippen LogP contribution >= 0.6 is 0 Å². The van der Waals surface area contributed by atoms with Crippen molar-refractivity contribution >= 4 is 28.6 Å². The monoisotopic (exact) mass is 427 g/mol. The van der Waals surface area contributed by atoms with E-state index in [1.54, 1.807) is 90.4 Å². The Labute approximate surface area is 185 Å². The van der Waals surface area contributed by atoms with Gasteiger partial charge in [0.2, 0.25) is 5.88 Å². The van der Waals surface area contributed by atoms with Crippen molar-refractivity contribution in [1.29, 1.82) is 0 Å². The first kappa shape index (κ1) is 21.1. The molecule has 0 atom stereocenters. The van der Waals surface area contributed by atoms with Gasteiger partial charge < -0.3 is 14.0 Å². The molecule has 160 valence electrons. The normalized spacial score (nSPS) is 10.7. The van der Waals surface area contributed by atoms with Crippen molar-refractivity contribution in [2.24, 2.45) is 0 Å². The van der Waals surface area contributed by atoms with Gasteiger partial charge in [0.05, 0.1) is 24.2 Å². The third-order valence-electron chi connectivity index (χ3n) is 5.00. The van der Waals surface area contributed by atoms with Crippen LogP contribution in [-0.4, -0.2) is 28.9 Å². The zero-order chi connectivity index (χ0) is 22.5. The predicted molar refractivity (Wildman–Crippen MR) is 120 cm³/mol. The van der Waals surface area contributed by atoms with Crippen LogP contribution in [-0.2, 0) is 11.3 Å². The number of nitrogens with zero attached hydrogens (tertiary/aromatic N) is 1. The molecule has 3 aromatic carbocycles. The second-order valence-corrected chi connectivity index (χ2v) is 7.05. The molecule has 0 amide bonds. The van der Waals surface area contributed by atoms with E-state index in [-0.39, 0.29) is 30.4 Å². The molecular formula is C26H21NO5. The fourth-order valence-electron chi connectivity index (χ4n) is 3.52. The highest BCUT2D eigenvalue weighted by Gasteiger charge is 2.28. The predicted octanol–water partition coefficient (Wildman–Crippen LogP) is 4.92. The number of fused-ring (bicyclic) bond motifs is 1. The molecule has 4 aromatic rings. The highest BCUT2D eigenvalue weighted by Crippen LogP contribution is 2.34. The Bertz CT molecular complexity index is 1280. The average Bonchev–Trinajstić information content (AvgIpc) is 3.13. The molecule has 32 heavy (non-hydrogen) atoms. The Morgan fingerprint density at radius 3 is 2.00 bits per heavy atom. The molecule has 1 aromatic heterocycles. The van der Waals surface area contributed by atoms with Crippen LogP contribution in [0.15, 0.2) is 84.9 Å². The quantitative estimate of drug-likeness (QED) is 0.309. The van der Waals surface area contributed by atoms with Crippen molar-refractivity contribution in [2.75, 3.05) is 6.61 Å². The number of ether oxygens (including phenoxy) is 2. The molecule has 0 saturated heterocycles. The standard InChI is InChI=1S/C26H21NO5/c1-2-31-26(30)23-20-15-9-10-16-21(20)27(17-22(28)18-11-5-3-6-12-18)24(23)32-25(29)19-13-7-4-8-14-19/h3-16H,2,17H2,1H3. The van der Waals surface area contributed by atoms with E-state index >= 15 is 0 Å². The molecule has 1 heterocycles. The number of Topliss-reactive ketones (excluding diaryl/α,β-unsaturated/α-hetero) is 1. The molecule has 0 aliphatic heterocycles. The summed E-state index contributed by atoms with van der Waals surface area (Å²) in [4.78, 5) is 38.7. The lowest BCUT2D eigenvalue weighted by Gasteiger charge is -2.12. The minimum absolute atomic E-state index is 0.0113. The number of hydrogen-bond acceptors (Lipinski definition) is 5. The summed E-state index contributed by atoms with van der Waals surface area (Å²) in [6, 6.07) is 24.4. The highest BCUT2D eigenvalue weighted by atomic mass is 16.6. The maximum atomic E-state index is 13.0. The summed E-state index contributed by atoms with van der Waals surface area (Å²) >= 11 is 0. The zero-order valence-corrected chi connectivity index (χ0v) is 17.5. The Balaban J connectivity index is 1.85. The van der Waals surface area contributed by atoms with Crippen molar-refractivity contribution in [3.8, 4) is 5.88 Å². The summed E-state index contributed by atoms with van der Waals surface area (Å²) in [5.74, 6) is -1.45. The summed E-state index contributed by atoms with van der Waals surface area (Å²) in [7, 11) is 0. The van der Waals surface area contributed by atoms with Crippen LogP contribution in [0.1, 0.15) is 38.0 Å². The van der Waals surface area contributed by atoms with Crippen LogP contribution in [0.4, 0.5) is 0 Å². The van der Waals surface area contributed by atoms with E-state index in [0.717, 1.165) is 0 Å². The Morgan fingerprint density at radius 1 is 0.750 bits per heavy atom. The van der Waals surface area contributed by atoms with E-state index in [9.17, 15) is 14.4 Å².